The third-order valence-corrected chi connectivity index (χ3v) is 4.61. The van der Waals surface area contributed by atoms with Crippen LogP contribution in [0.15, 0.2) is 24.3 Å². The van der Waals surface area contributed by atoms with Crippen LogP contribution >= 0.6 is 0 Å². The minimum atomic E-state index is -0.487. The smallest absolute Gasteiger partial charge is 0.269 e. The van der Waals surface area contributed by atoms with Crippen molar-refractivity contribution in [3.05, 3.63) is 34.4 Å². The van der Waals surface area contributed by atoms with Gasteiger partial charge in [-0.25, -0.2) is 0 Å². The molecule has 1 fully saturated rings. The van der Waals surface area contributed by atoms with Crippen LogP contribution in [-0.2, 0) is 9.59 Å². The van der Waals surface area contributed by atoms with Gasteiger partial charge >= 0.3 is 0 Å². The molecule has 148 valence electrons. The lowest BCUT2D eigenvalue weighted by Crippen LogP contribution is -2.52. The minimum Gasteiger partial charge on any atom is -0.484 e. The number of ether oxygens (including phenoxy) is 1. The number of nitrogens with zero attached hydrogens (tertiary/aromatic N) is 4. The van der Waals surface area contributed by atoms with E-state index in [4.69, 9.17) is 4.74 Å². The van der Waals surface area contributed by atoms with E-state index in [2.05, 4.69) is 4.90 Å². The lowest BCUT2D eigenvalue weighted by molar-refractivity contribution is -0.384. The number of piperazine rings is 1. The SMILES string of the molecule is CCN(CC)C(=O)CN1CCN(C(=O)COc2ccc([N+](=O)[O-])cc2)CC1. The molecule has 0 radical (unpaired) electrons. The number of carbonyl (C=O) groups is 2. The van der Waals surface area contributed by atoms with Crippen LogP contribution in [0.1, 0.15) is 13.8 Å². The first-order valence-corrected chi connectivity index (χ1v) is 9.09. The summed E-state index contributed by atoms with van der Waals surface area (Å²) in [7, 11) is 0. The summed E-state index contributed by atoms with van der Waals surface area (Å²) in [6, 6.07) is 5.63. The van der Waals surface area contributed by atoms with E-state index in [1.807, 2.05) is 13.8 Å². The van der Waals surface area contributed by atoms with Gasteiger partial charge in [0.25, 0.3) is 11.6 Å². The zero-order valence-electron chi connectivity index (χ0n) is 15.8. The zero-order valence-corrected chi connectivity index (χ0v) is 15.8. The number of nitro groups is 1. The average molecular weight is 378 g/mol. The molecule has 0 aromatic heterocycles. The second-order valence-corrected chi connectivity index (χ2v) is 6.26. The van der Waals surface area contributed by atoms with Crippen LogP contribution in [-0.4, -0.2) is 83.9 Å². The number of amides is 2. The molecule has 1 aliphatic heterocycles. The van der Waals surface area contributed by atoms with Crippen molar-refractivity contribution in [2.75, 3.05) is 52.4 Å². The van der Waals surface area contributed by atoms with Gasteiger partial charge in [0, 0.05) is 51.4 Å². The monoisotopic (exact) mass is 378 g/mol. The van der Waals surface area contributed by atoms with E-state index in [-0.39, 0.29) is 24.1 Å². The van der Waals surface area contributed by atoms with Gasteiger partial charge in [-0.05, 0) is 26.0 Å². The molecule has 0 aliphatic carbocycles. The van der Waals surface area contributed by atoms with E-state index < -0.39 is 4.92 Å². The van der Waals surface area contributed by atoms with Gasteiger partial charge in [0.2, 0.25) is 5.91 Å². The number of hydrogen-bond donors (Lipinski definition) is 0. The summed E-state index contributed by atoms with van der Waals surface area (Å²) in [4.78, 5) is 40.1. The van der Waals surface area contributed by atoms with E-state index in [1.54, 1.807) is 9.80 Å². The molecular formula is C18H26N4O5. The molecule has 2 amide bonds. The van der Waals surface area contributed by atoms with Crippen LogP contribution in [0.5, 0.6) is 5.75 Å². The van der Waals surface area contributed by atoms with Crippen molar-refractivity contribution in [3.8, 4) is 5.75 Å². The highest BCUT2D eigenvalue weighted by Gasteiger charge is 2.23. The molecule has 1 aliphatic rings. The van der Waals surface area contributed by atoms with Crippen molar-refractivity contribution in [2.45, 2.75) is 13.8 Å². The van der Waals surface area contributed by atoms with Gasteiger partial charge in [0.05, 0.1) is 11.5 Å². The number of likely N-dealkylation sites (N-methyl/N-ethyl adjacent to an activating group) is 1. The molecule has 1 aromatic rings. The molecule has 9 heteroatoms. The van der Waals surface area contributed by atoms with Crippen LogP contribution in [0.3, 0.4) is 0 Å². The van der Waals surface area contributed by atoms with Gasteiger partial charge in [-0.15, -0.1) is 0 Å². The van der Waals surface area contributed by atoms with E-state index in [1.165, 1.54) is 24.3 Å². The Labute approximate surface area is 158 Å². The molecule has 2 rings (SSSR count). The second-order valence-electron chi connectivity index (χ2n) is 6.26. The van der Waals surface area contributed by atoms with Crippen molar-refractivity contribution < 1.29 is 19.2 Å². The second kappa shape index (κ2) is 9.86. The van der Waals surface area contributed by atoms with Crippen molar-refractivity contribution in [1.29, 1.82) is 0 Å². The van der Waals surface area contributed by atoms with Gasteiger partial charge < -0.3 is 14.5 Å². The standard InChI is InChI=1S/C18H26N4O5/c1-3-20(4-2)17(23)13-19-9-11-21(12-10-19)18(24)14-27-16-7-5-15(6-8-16)22(25)26/h5-8H,3-4,9-14H2,1-2H3. The zero-order chi connectivity index (χ0) is 19.8. The third kappa shape index (κ3) is 5.92. The normalized spacial score (nSPS) is 14.7. The predicted octanol–water partition coefficient (Wildman–Crippen LogP) is 0.986. The number of benzene rings is 1. The molecule has 0 saturated carbocycles. The summed E-state index contributed by atoms with van der Waals surface area (Å²) in [5.41, 5.74) is -0.0240. The number of hydrogen-bond acceptors (Lipinski definition) is 6. The average Bonchev–Trinajstić information content (AvgIpc) is 2.68. The lowest BCUT2D eigenvalue weighted by atomic mass is 10.3. The fourth-order valence-corrected chi connectivity index (χ4v) is 2.92. The molecule has 27 heavy (non-hydrogen) atoms. The van der Waals surface area contributed by atoms with Crippen LogP contribution in [0, 0.1) is 10.1 Å². The molecule has 1 saturated heterocycles. The Hall–Kier alpha value is -2.68. The van der Waals surface area contributed by atoms with Crippen LogP contribution in [0.2, 0.25) is 0 Å². The summed E-state index contributed by atoms with van der Waals surface area (Å²) < 4.78 is 5.42. The topological polar surface area (TPSA) is 96.2 Å². The maximum absolute atomic E-state index is 12.3. The third-order valence-electron chi connectivity index (χ3n) is 4.61. The first-order chi connectivity index (χ1) is 12.9. The van der Waals surface area contributed by atoms with Crippen molar-refractivity contribution in [3.63, 3.8) is 0 Å². The van der Waals surface area contributed by atoms with Gasteiger partial charge in [0.1, 0.15) is 5.75 Å². The van der Waals surface area contributed by atoms with Crippen LogP contribution < -0.4 is 4.74 Å². The molecule has 1 heterocycles. The summed E-state index contributed by atoms with van der Waals surface area (Å²) in [5, 5.41) is 10.6. The summed E-state index contributed by atoms with van der Waals surface area (Å²) >= 11 is 0. The Kier molecular flexibility index (Phi) is 7.54. The van der Waals surface area contributed by atoms with Gasteiger partial charge in [-0.1, -0.05) is 0 Å². The number of non-ortho nitro benzene ring substituents is 1. The maximum Gasteiger partial charge on any atom is 0.269 e. The molecule has 0 bridgehead atoms. The Morgan fingerprint density at radius 2 is 1.70 bits per heavy atom. The van der Waals surface area contributed by atoms with Crippen molar-refractivity contribution >= 4 is 17.5 Å². The predicted molar refractivity (Wildman–Crippen MR) is 99.5 cm³/mol. The Morgan fingerprint density at radius 3 is 2.22 bits per heavy atom. The summed E-state index contributed by atoms with van der Waals surface area (Å²) in [6.07, 6.45) is 0. The molecule has 9 nitrogen and oxygen atoms in total. The Bertz CT molecular complexity index is 652. The van der Waals surface area contributed by atoms with E-state index in [0.29, 0.717) is 51.6 Å². The Morgan fingerprint density at radius 1 is 1.11 bits per heavy atom. The van der Waals surface area contributed by atoms with E-state index >= 15 is 0 Å². The molecule has 0 spiro atoms. The fourth-order valence-electron chi connectivity index (χ4n) is 2.92. The summed E-state index contributed by atoms with van der Waals surface area (Å²) in [6.45, 7) is 7.99. The summed E-state index contributed by atoms with van der Waals surface area (Å²) in [5.74, 6) is 0.391. The molecule has 1 aromatic carbocycles. The number of rotatable bonds is 8. The van der Waals surface area contributed by atoms with Crippen molar-refractivity contribution in [1.82, 2.24) is 14.7 Å². The molecule has 0 unspecified atom stereocenters. The Balaban J connectivity index is 1.74. The van der Waals surface area contributed by atoms with Crippen LogP contribution in [0.4, 0.5) is 5.69 Å². The molecule has 0 N–H and O–H groups in total. The molecular weight excluding hydrogens is 352 g/mol. The highest BCUT2D eigenvalue weighted by atomic mass is 16.6. The van der Waals surface area contributed by atoms with Crippen molar-refractivity contribution in [2.24, 2.45) is 0 Å². The first kappa shape index (κ1) is 20.6. The van der Waals surface area contributed by atoms with Gasteiger partial charge in [0.15, 0.2) is 6.61 Å². The maximum atomic E-state index is 12.3. The number of carbonyl (C=O) groups excluding carboxylic acids is 2. The highest BCUT2D eigenvalue weighted by molar-refractivity contribution is 5.79. The minimum absolute atomic E-state index is 0.0240. The van der Waals surface area contributed by atoms with Crippen LogP contribution in [0.25, 0.3) is 0 Å². The quantitative estimate of drug-likeness (QED) is 0.494. The van der Waals surface area contributed by atoms with Gasteiger partial charge in [-0.2, -0.15) is 0 Å². The lowest BCUT2D eigenvalue weighted by Gasteiger charge is -2.35. The number of nitro benzene ring substituents is 1. The first-order valence-electron chi connectivity index (χ1n) is 9.09. The highest BCUT2D eigenvalue weighted by Crippen LogP contribution is 2.17. The largest absolute Gasteiger partial charge is 0.484 e. The van der Waals surface area contributed by atoms with E-state index in [9.17, 15) is 19.7 Å². The fraction of sp³-hybridized carbons (Fsp3) is 0.556. The molecule has 0 atom stereocenters. The van der Waals surface area contributed by atoms with Gasteiger partial charge in [-0.3, -0.25) is 24.6 Å². The van der Waals surface area contributed by atoms with E-state index in [0.717, 1.165) is 0 Å².